The fourth-order valence-corrected chi connectivity index (χ4v) is 1.86. The highest BCUT2D eigenvalue weighted by molar-refractivity contribution is 5.73. The van der Waals surface area contributed by atoms with E-state index in [-0.39, 0.29) is 5.91 Å². The van der Waals surface area contributed by atoms with Gasteiger partial charge in [-0.05, 0) is 37.6 Å². The average Bonchev–Trinajstić information content (AvgIpc) is 2.54. The van der Waals surface area contributed by atoms with Crippen molar-refractivity contribution >= 4 is 5.91 Å². The number of nitrogens with one attached hydrogen (secondary N) is 1. The third kappa shape index (κ3) is 7.90. The highest BCUT2D eigenvalue weighted by Gasteiger charge is 1.92. The van der Waals surface area contributed by atoms with E-state index in [1.165, 1.54) is 11.1 Å². The Balaban J connectivity index is 0.000000222. The molecule has 2 rings (SSSR count). The summed E-state index contributed by atoms with van der Waals surface area (Å²) in [6.45, 7) is 0.966. The van der Waals surface area contributed by atoms with Crippen molar-refractivity contribution in [3.63, 3.8) is 0 Å². The molecule has 3 nitrogen and oxygen atoms in total. The monoisotopic (exact) mass is 284 g/mol. The minimum Gasteiger partial charge on any atom is -0.370 e. The summed E-state index contributed by atoms with van der Waals surface area (Å²) in [6.07, 6.45) is 2.44. The van der Waals surface area contributed by atoms with Crippen LogP contribution in [0.2, 0.25) is 0 Å². The van der Waals surface area contributed by atoms with Crippen molar-refractivity contribution in [2.24, 2.45) is 5.73 Å². The Morgan fingerprint density at radius 3 is 1.76 bits per heavy atom. The zero-order chi connectivity index (χ0) is 15.3. The Bertz CT molecular complexity index is 460. The molecule has 0 radical (unpaired) electrons. The van der Waals surface area contributed by atoms with Crippen LogP contribution in [0.5, 0.6) is 0 Å². The van der Waals surface area contributed by atoms with Gasteiger partial charge in [0.2, 0.25) is 5.91 Å². The zero-order valence-electron chi connectivity index (χ0n) is 12.6. The second kappa shape index (κ2) is 10.6. The van der Waals surface area contributed by atoms with Crippen LogP contribution in [0.1, 0.15) is 19.3 Å². The highest BCUT2D eigenvalue weighted by Crippen LogP contribution is 2.17. The van der Waals surface area contributed by atoms with E-state index in [4.69, 9.17) is 5.73 Å². The largest absolute Gasteiger partial charge is 0.370 e. The van der Waals surface area contributed by atoms with Gasteiger partial charge in [-0.2, -0.15) is 0 Å². The summed E-state index contributed by atoms with van der Waals surface area (Å²) in [7, 11) is 1.89. The third-order valence-electron chi connectivity index (χ3n) is 2.98. The van der Waals surface area contributed by atoms with E-state index in [0.29, 0.717) is 6.42 Å². The average molecular weight is 284 g/mol. The summed E-state index contributed by atoms with van der Waals surface area (Å²) in [5, 5.41) is 2.99. The molecule has 0 saturated heterocycles. The topological polar surface area (TPSA) is 55.1 Å². The second-order valence-electron chi connectivity index (χ2n) is 4.76. The van der Waals surface area contributed by atoms with Gasteiger partial charge >= 0.3 is 0 Å². The number of unbranched alkanes of at least 4 members (excludes halogenated alkanes) is 1. The number of rotatable bonds is 6. The van der Waals surface area contributed by atoms with E-state index < -0.39 is 0 Å². The maximum Gasteiger partial charge on any atom is 0.217 e. The molecule has 0 atom stereocenters. The normalized spacial score (nSPS) is 9.57. The molecule has 0 aliphatic heterocycles. The standard InChI is InChI=1S/C12H10.C6H14N2O/c1-3-7-11(8-4-1)12-9-5-2-6-10-12;1-8-5-3-2-4-6(7)9/h1-10H;8H,2-5H2,1H3,(H2,7,9). The molecule has 0 aliphatic rings. The number of amides is 1. The van der Waals surface area contributed by atoms with Crippen LogP contribution in [0.25, 0.3) is 11.1 Å². The zero-order valence-corrected chi connectivity index (χ0v) is 12.6. The first-order chi connectivity index (χ1) is 10.2. The SMILES string of the molecule is CNCCCCC(N)=O.c1ccc(-c2ccccc2)cc1. The molecule has 0 heterocycles. The maximum absolute atomic E-state index is 10.2. The van der Waals surface area contributed by atoms with Crippen LogP contribution < -0.4 is 11.1 Å². The van der Waals surface area contributed by atoms with Crippen LogP contribution in [0, 0.1) is 0 Å². The Morgan fingerprint density at radius 2 is 1.38 bits per heavy atom. The minimum absolute atomic E-state index is 0.203. The first kappa shape index (κ1) is 16.9. The van der Waals surface area contributed by atoms with E-state index >= 15 is 0 Å². The molecule has 3 N–H and O–H groups in total. The van der Waals surface area contributed by atoms with E-state index in [1.807, 2.05) is 19.2 Å². The van der Waals surface area contributed by atoms with E-state index in [2.05, 4.69) is 53.8 Å². The van der Waals surface area contributed by atoms with Gasteiger partial charge in [-0.3, -0.25) is 4.79 Å². The Kier molecular flexibility index (Phi) is 8.57. The number of benzene rings is 2. The summed E-state index contributed by atoms with van der Waals surface area (Å²) >= 11 is 0. The molecule has 1 amide bonds. The first-order valence-corrected chi connectivity index (χ1v) is 7.27. The summed E-state index contributed by atoms with van der Waals surface area (Å²) in [6, 6.07) is 20.8. The molecule has 0 unspecified atom stereocenters. The van der Waals surface area contributed by atoms with Crippen molar-refractivity contribution in [3.8, 4) is 11.1 Å². The Labute approximate surface area is 127 Å². The number of carbonyl (C=O) groups excluding carboxylic acids is 1. The van der Waals surface area contributed by atoms with Crippen molar-refractivity contribution in [3.05, 3.63) is 60.7 Å². The summed E-state index contributed by atoms with van der Waals surface area (Å²) in [5.74, 6) is -0.203. The first-order valence-electron chi connectivity index (χ1n) is 7.27. The smallest absolute Gasteiger partial charge is 0.217 e. The fraction of sp³-hybridized carbons (Fsp3) is 0.278. The molecule has 112 valence electrons. The van der Waals surface area contributed by atoms with Gasteiger partial charge in [-0.25, -0.2) is 0 Å². The van der Waals surface area contributed by atoms with Crippen molar-refractivity contribution in [2.45, 2.75) is 19.3 Å². The van der Waals surface area contributed by atoms with Crippen LogP contribution in [0.15, 0.2) is 60.7 Å². The molecular weight excluding hydrogens is 260 g/mol. The van der Waals surface area contributed by atoms with Crippen LogP contribution in [-0.4, -0.2) is 19.5 Å². The van der Waals surface area contributed by atoms with Gasteiger partial charge in [0.05, 0.1) is 0 Å². The van der Waals surface area contributed by atoms with Crippen LogP contribution >= 0.6 is 0 Å². The Morgan fingerprint density at radius 1 is 0.905 bits per heavy atom. The van der Waals surface area contributed by atoms with Gasteiger partial charge in [0, 0.05) is 6.42 Å². The lowest BCUT2D eigenvalue weighted by molar-refractivity contribution is -0.118. The number of hydrogen-bond donors (Lipinski definition) is 2. The van der Waals surface area contributed by atoms with E-state index in [1.54, 1.807) is 0 Å². The molecule has 2 aromatic rings. The molecule has 0 saturated carbocycles. The summed E-state index contributed by atoms with van der Waals surface area (Å²) in [4.78, 5) is 10.2. The lowest BCUT2D eigenvalue weighted by Gasteiger charge is -1.98. The quantitative estimate of drug-likeness (QED) is 0.800. The number of nitrogens with two attached hydrogens (primary N) is 1. The molecule has 0 aromatic heterocycles. The van der Waals surface area contributed by atoms with Gasteiger partial charge in [-0.15, -0.1) is 0 Å². The van der Waals surface area contributed by atoms with Crippen molar-refractivity contribution < 1.29 is 4.79 Å². The molecular formula is C18H24N2O. The lowest BCUT2D eigenvalue weighted by atomic mass is 10.1. The van der Waals surface area contributed by atoms with Crippen LogP contribution in [0.4, 0.5) is 0 Å². The number of hydrogen-bond acceptors (Lipinski definition) is 2. The van der Waals surface area contributed by atoms with Crippen molar-refractivity contribution in [1.29, 1.82) is 0 Å². The van der Waals surface area contributed by atoms with Crippen LogP contribution in [-0.2, 0) is 4.79 Å². The molecule has 0 bridgehead atoms. The predicted octanol–water partition coefficient (Wildman–Crippen LogP) is 3.22. The maximum atomic E-state index is 10.2. The van der Waals surface area contributed by atoms with Crippen LogP contribution in [0.3, 0.4) is 0 Å². The third-order valence-corrected chi connectivity index (χ3v) is 2.98. The molecule has 3 heteroatoms. The minimum atomic E-state index is -0.203. The van der Waals surface area contributed by atoms with E-state index in [9.17, 15) is 4.79 Å². The predicted molar refractivity (Wildman–Crippen MR) is 88.9 cm³/mol. The molecule has 2 aromatic carbocycles. The molecule has 21 heavy (non-hydrogen) atoms. The second-order valence-corrected chi connectivity index (χ2v) is 4.76. The van der Waals surface area contributed by atoms with Gasteiger partial charge in [0.1, 0.15) is 0 Å². The van der Waals surface area contributed by atoms with Crippen molar-refractivity contribution in [2.75, 3.05) is 13.6 Å². The van der Waals surface area contributed by atoms with Gasteiger partial charge < -0.3 is 11.1 Å². The van der Waals surface area contributed by atoms with Crippen molar-refractivity contribution in [1.82, 2.24) is 5.32 Å². The summed E-state index contributed by atoms with van der Waals surface area (Å²) in [5.41, 5.74) is 7.47. The number of carbonyl (C=O) groups is 1. The van der Waals surface area contributed by atoms with Gasteiger partial charge in [0.25, 0.3) is 0 Å². The number of primary amides is 1. The molecule has 0 spiro atoms. The summed E-state index contributed by atoms with van der Waals surface area (Å²) < 4.78 is 0. The molecule has 0 aliphatic carbocycles. The lowest BCUT2D eigenvalue weighted by Crippen LogP contribution is -2.12. The Hall–Kier alpha value is -2.13. The van der Waals surface area contributed by atoms with Gasteiger partial charge in [0.15, 0.2) is 0 Å². The molecule has 0 fully saturated rings. The highest BCUT2D eigenvalue weighted by atomic mass is 16.1. The van der Waals surface area contributed by atoms with Gasteiger partial charge in [-0.1, -0.05) is 60.7 Å². The van der Waals surface area contributed by atoms with E-state index in [0.717, 1.165) is 19.4 Å². The fourth-order valence-electron chi connectivity index (χ4n) is 1.86.